The third kappa shape index (κ3) is 3.51. The van der Waals surface area contributed by atoms with Crippen LogP contribution in [0, 0.1) is 5.92 Å². The van der Waals surface area contributed by atoms with Gasteiger partial charge in [0.25, 0.3) is 5.91 Å². The molecule has 2 aromatic rings. The first-order valence-corrected chi connectivity index (χ1v) is 8.98. The van der Waals surface area contributed by atoms with Crippen molar-refractivity contribution in [2.45, 2.75) is 19.8 Å². The lowest BCUT2D eigenvalue weighted by atomic mass is 10.0. The Morgan fingerprint density at radius 2 is 2.17 bits per heavy atom. The molecule has 1 N–H and O–H groups in total. The van der Waals surface area contributed by atoms with Crippen LogP contribution in [-0.4, -0.2) is 36.3 Å². The summed E-state index contributed by atoms with van der Waals surface area (Å²) in [5.74, 6) is 0.220. The van der Waals surface area contributed by atoms with E-state index in [1.807, 2.05) is 29.2 Å². The molecular weight excluding hydrogens is 332 g/mol. The van der Waals surface area contributed by atoms with Gasteiger partial charge in [-0.3, -0.25) is 9.59 Å². The average molecular weight is 351 g/mol. The maximum absolute atomic E-state index is 12.3. The minimum atomic E-state index is -0.283. The Labute approximate surface area is 144 Å². The second kappa shape index (κ2) is 6.89. The van der Waals surface area contributed by atoms with Crippen LogP contribution in [0.25, 0.3) is 10.1 Å². The largest absolute Gasteiger partial charge is 0.342 e. The fourth-order valence-corrected chi connectivity index (χ4v) is 4.36. The molecular formula is C17H19ClN2O2S. The van der Waals surface area contributed by atoms with Crippen molar-refractivity contribution in [3.63, 3.8) is 0 Å². The smallest absolute Gasteiger partial charge is 0.263 e. The number of hydrogen-bond donors (Lipinski definition) is 1. The van der Waals surface area contributed by atoms with E-state index in [0.29, 0.717) is 15.8 Å². The van der Waals surface area contributed by atoms with Gasteiger partial charge in [0.05, 0.1) is 11.6 Å². The van der Waals surface area contributed by atoms with Gasteiger partial charge in [-0.2, -0.15) is 0 Å². The number of nitrogens with one attached hydrogen (secondary N) is 1. The van der Waals surface area contributed by atoms with Crippen LogP contribution in [0.2, 0.25) is 5.02 Å². The zero-order valence-corrected chi connectivity index (χ0v) is 14.5. The maximum atomic E-state index is 12.3. The molecule has 1 aliphatic heterocycles. The van der Waals surface area contributed by atoms with E-state index >= 15 is 0 Å². The van der Waals surface area contributed by atoms with Gasteiger partial charge in [0, 0.05) is 23.2 Å². The standard InChI is InChI=1S/C17H19ClN2O2S/c1-11-5-4-8-20(10-11)14(21)9-19-17(22)16-15(18)12-6-2-3-7-13(12)23-16/h2-3,6-7,11H,4-5,8-10H2,1H3,(H,19,22)/t11-/m0/s1. The number of carbonyl (C=O) groups is 2. The fraction of sp³-hybridized carbons (Fsp3) is 0.412. The minimum Gasteiger partial charge on any atom is -0.342 e. The zero-order valence-electron chi connectivity index (χ0n) is 13.0. The van der Waals surface area contributed by atoms with Crippen molar-refractivity contribution < 1.29 is 9.59 Å². The summed E-state index contributed by atoms with van der Waals surface area (Å²) in [7, 11) is 0. The lowest BCUT2D eigenvalue weighted by Gasteiger charge is -2.31. The third-order valence-electron chi connectivity index (χ3n) is 4.15. The predicted octanol–water partition coefficient (Wildman–Crippen LogP) is 3.54. The average Bonchev–Trinajstić information content (AvgIpc) is 2.90. The molecule has 0 spiro atoms. The van der Waals surface area contributed by atoms with Gasteiger partial charge in [0.2, 0.25) is 5.91 Å². The summed E-state index contributed by atoms with van der Waals surface area (Å²) in [5, 5.41) is 4.04. The van der Waals surface area contributed by atoms with E-state index in [1.54, 1.807) is 0 Å². The molecule has 6 heteroatoms. The van der Waals surface area contributed by atoms with Crippen LogP contribution in [0.4, 0.5) is 0 Å². The van der Waals surface area contributed by atoms with Crippen LogP contribution in [0.15, 0.2) is 24.3 Å². The van der Waals surface area contributed by atoms with Gasteiger partial charge in [-0.15, -0.1) is 11.3 Å². The fourth-order valence-electron chi connectivity index (χ4n) is 2.92. The molecule has 0 bridgehead atoms. The molecule has 1 aromatic carbocycles. The molecule has 0 unspecified atom stereocenters. The van der Waals surface area contributed by atoms with E-state index in [1.165, 1.54) is 11.3 Å². The van der Waals surface area contributed by atoms with Gasteiger partial charge in [-0.1, -0.05) is 36.7 Å². The Balaban J connectivity index is 1.64. The monoisotopic (exact) mass is 350 g/mol. The topological polar surface area (TPSA) is 49.4 Å². The summed E-state index contributed by atoms with van der Waals surface area (Å²) in [6.07, 6.45) is 2.19. The molecule has 4 nitrogen and oxygen atoms in total. The number of thiophene rings is 1. The number of hydrogen-bond acceptors (Lipinski definition) is 3. The lowest BCUT2D eigenvalue weighted by Crippen LogP contribution is -2.44. The molecule has 1 aromatic heterocycles. The molecule has 1 aliphatic rings. The summed E-state index contributed by atoms with van der Waals surface area (Å²) < 4.78 is 0.971. The normalized spacial score (nSPS) is 18.2. The molecule has 0 saturated carbocycles. The molecule has 1 fully saturated rings. The Morgan fingerprint density at radius 3 is 2.91 bits per heavy atom. The predicted molar refractivity (Wildman–Crippen MR) is 94.1 cm³/mol. The van der Waals surface area contributed by atoms with E-state index in [0.717, 1.165) is 36.0 Å². The van der Waals surface area contributed by atoms with Gasteiger partial charge in [-0.05, 0) is 24.8 Å². The number of amides is 2. The Hall–Kier alpha value is -1.59. The van der Waals surface area contributed by atoms with Crippen molar-refractivity contribution >= 4 is 44.8 Å². The van der Waals surface area contributed by atoms with Crippen molar-refractivity contribution in [1.82, 2.24) is 10.2 Å². The van der Waals surface area contributed by atoms with Crippen LogP contribution < -0.4 is 5.32 Å². The molecule has 3 rings (SSSR count). The van der Waals surface area contributed by atoms with Crippen LogP contribution in [0.5, 0.6) is 0 Å². The second-order valence-corrected chi connectivity index (χ2v) is 7.44. The maximum Gasteiger partial charge on any atom is 0.263 e. The number of rotatable bonds is 3. The van der Waals surface area contributed by atoms with E-state index in [4.69, 9.17) is 11.6 Å². The number of likely N-dealkylation sites (tertiary alicyclic amines) is 1. The van der Waals surface area contributed by atoms with Crippen molar-refractivity contribution in [1.29, 1.82) is 0 Å². The highest BCUT2D eigenvalue weighted by molar-refractivity contribution is 7.21. The number of halogens is 1. The van der Waals surface area contributed by atoms with Gasteiger partial charge in [0.15, 0.2) is 0 Å². The van der Waals surface area contributed by atoms with E-state index in [2.05, 4.69) is 12.2 Å². The van der Waals surface area contributed by atoms with Gasteiger partial charge in [-0.25, -0.2) is 0 Å². The van der Waals surface area contributed by atoms with Crippen molar-refractivity contribution in [2.24, 2.45) is 5.92 Å². The first-order chi connectivity index (χ1) is 11.1. The minimum absolute atomic E-state index is 0.0239. The number of nitrogens with zero attached hydrogens (tertiary/aromatic N) is 1. The van der Waals surface area contributed by atoms with Crippen LogP contribution in [0.3, 0.4) is 0 Å². The van der Waals surface area contributed by atoms with Crippen molar-refractivity contribution in [3.8, 4) is 0 Å². The number of fused-ring (bicyclic) bond motifs is 1. The zero-order chi connectivity index (χ0) is 16.4. The molecule has 2 amide bonds. The molecule has 1 atom stereocenters. The van der Waals surface area contributed by atoms with E-state index in [-0.39, 0.29) is 18.4 Å². The molecule has 122 valence electrons. The Morgan fingerprint density at radius 1 is 1.39 bits per heavy atom. The van der Waals surface area contributed by atoms with E-state index < -0.39 is 0 Å². The summed E-state index contributed by atoms with van der Waals surface area (Å²) in [5.41, 5.74) is 0. The Bertz CT molecular complexity index is 743. The highest BCUT2D eigenvalue weighted by atomic mass is 35.5. The number of benzene rings is 1. The summed E-state index contributed by atoms with van der Waals surface area (Å²) in [6, 6.07) is 7.63. The van der Waals surface area contributed by atoms with E-state index in [9.17, 15) is 9.59 Å². The Kier molecular flexibility index (Phi) is 4.87. The molecule has 23 heavy (non-hydrogen) atoms. The molecule has 0 aliphatic carbocycles. The van der Waals surface area contributed by atoms with Gasteiger partial charge in [0.1, 0.15) is 4.88 Å². The number of carbonyl (C=O) groups excluding carboxylic acids is 2. The highest BCUT2D eigenvalue weighted by Gasteiger charge is 2.22. The number of piperidine rings is 1. The van der Waals surface area contributed by atoms with Crippen LogP contribution in [-0.2, 0) is 4.79 Å². The van der Waals surface area contributed by atoms with Crippen LogP contribution >= 0.6 is 22.9 Å². The van der Waals surface area contributed by atoms with Gasteiger partial charge < -0.3 is 10.2 Å². The second-order valence-electron chi connectivity index (χ2n) is 6.01. The highest BCUT2D eigenvalue weighted by Crippen LogP contribution is 2.34. The van der Waals surface area contributed by atoms with Gasteiger partial charge >= 0.3 is 0 Å². The molecule has 0 radical (unpaired) electrons. The first kappa shape index (κ1) is 16.3. The SMILES string of the molecule is C[C@H]1CCCN(C(=O)CNC(=O)c2sc3ccccc3c2Cl)C1. The summed E-state index contributed by atoms with van der Waals surface area (Å²) in [4.78, 5) is 26.8. The van der Waals surface area contributed by atoms with Crippen molar-refractivity contribution in [2.75, 3.05) is 19.6 Å². The summed E-state index contributed by atoms with van der Waals surface area (Å²) in [6.45, 7) is 3.73. The third-order valence-corrected chi connectivity index (χ3v) is 5.83. The van der Waals surface area contributed by atoms with Crippen LogP contribution in [0.1, 0.15) is 29.4 Å². The molecule has 1 saturated heterocycles. The lowest BCUT2D eigenvalue weighted by molar-refractivity contribution is -0.131. The first-order valence-electron chi connectivity index (χ1n) is 7.79. The molecule has 2 heterocycles. The summed E-state index contributed by atoms with van der Waals surface area (Å²) >= 11 is 7.64. The van der Waals surface area contributed by atoms with Crippen molar-refractivity contribution in [3.05, 3.63) is 34.2 Å². The quantitative estimate of drug-likeness (QED) is 0.920.